The number of carboxylic acids is 1. The van der Waals surface area contributed by atoms with Gasteiger partial charge in [0.15, 0.2) is 5.69 Å². The van der Waals surface area contributed by atoms with E-state index in [9.17, 15) is 29.4 Å². The Morgan fingerprint density at radius 3 is 2.53 bits per heavy atom. The molecule has 0 radical (unpaired) electrons. The van der Waals surface area contributed by atoms with E-state index in [0.717, 1.165) is 5.56 Å². The van der Waals surface area contributed by atoms with Gasteiger partial charge in [0.1, 0.15) is 24.1 Å². The van der Waals surface area contributed by atoms with Crippen LogP contribution in [0.25, 0.3) is 0 Å². The van der Waals surface area contributed by atoms with Crippen LogP contribution in [0.2, 0.25) is 0 Å². The van der Waals surface area contributed by atoms with Crippen molar-refractivity contribution >= 4 is 24.1 Å². The highest BCUT2D eigenvalue weighted by molar-refractivity contribution is 5.97. The van der Waals surface area contributed by atoms with E-state index in [1.807, 2.05) is 0 Å². The van der Waals surface area contributed by atoms with Crippen molar-refractivity contribution in [2.24, 2.45) is 0 Å². The van der Waals surface area contributed by atoms with Crippen LogP contribution in [0, 0.1) is 6.92 Å². The van der Waals surface area contributed by atoms with Crippen LogP contribution < -0.4 is 10.6 Å². The Balaban J connectivity index is 2.03. The highest BCUT2D eigenvalue weighted by atomic mass is 16.5. The van der Waals surface area contributed by atoms with Gasteiger partial charge in [-0.2, -0.15) is 0 Å². The zero-order chi connectivity index (χ0) is 22.3. The van der Waals surface area contributed by atoms with Crippen LogP contribution in [-0.2, 0) is 16.0 Å². The number of rotatable bonds is 10. The molecule has 1 unspecified atom stereocenters. The maximum Gasteiger partial charge on any atom is 0.326 e. The number of nitrogens with one attached hydrogen (secondary N) is 2. The molecule has 0 aliphatic carbocycles. The first kappa shape index (κ1) is 22.8. The van der Waals surface area contributed by atoms with Crippen molar-refractivity contribution in [1.29, 1.82) is 0 Å². The number of hydrogen-bond acceptors (Lipinski definition) is 7. The van der Waals surface area contributed by atoms with Gasteiger partial charge in [-0.1, -0.05) is 23.4 Å². The molecule has 1 aromatic carbocycles. The topological polar surface area (TPSA) is 159 Å². The van der Waals surface area contributed by atoms with E-state index in [-0.39, 0.29) is 12.1 Å². The minimum atomic E-state index is -1.39. The zero-order valence-corrected chi connectivity index (χ0v) is 16.5. The van der Waals surface area contributed by atoms with E-state index in [0.29, 0.717) is 24.0 Å². The van der Waals surface area contributed by atoms with Crippen LogP contribution in [0.4, 0.5) is 0 Å². The average Bonchev–Trinajstić information content (AvgIpc) is 3.15. The summed E-state index contributed by atoms with van der Waals surface area (Å²) in [6.45, 7) is 2.88. The van der Waals surface area contributed by atoms with Gasteiger partial charge in [-0.3, -0.25) is 14.4 Å². The molecule has 2 rings (SSSR count). The molecule has 1 heterocycles. The third-order valence-electron chi connectivity index (χ3n) is 4.34. The van der Waals surface area contributed by atoms with Gasteiger partial charge >= 0.3 is 5.97 Å². The second kappa shape index (κ2) is 10.3. The smallest absolute Gasteiger partial charge is 0.326 e. The number of nitrogens with zero attached hydrogens (tertiary/aromatic N) is 1. The summed E-state index contributed by atoms with van der Waals surface area (Å²) in [5, 5.41) is 27.5. The molecular weight excluding hydrogens is 394 g/mol. The van der Waals surface area contributed by atoms with E-state index < -0.39 is 36.0 Å². The van der Waals surface area contributed by atoms with Crippen molar-refractivity contribution in [1.82, 2.24) is 15.8 Å². The maximum absolute atomic E-state index is 12.5. The van der Waals surface area contributed by atoms with Gasteiger partial charge in [-0.25, -0.2) is 4.79 Å². The van der Waals surface area contributed by atoms with Crippen LogP contribution >= 0.6 is 0 Å². The lowest BCUT2D eigenvalue weighted by molar-refractivity contribution is -0.142. The van der Waals surface area contributed by atoms with Gasteiger partial charge in [0.25, 0.3) is 5.91 Å². The second-order valence-electron chi connectivity index (χ2n) is 6.82. The Labute approximate surface area is 172 Å². The minimum Gasteiger partial charge on any atom is -0.480 e. The van der Waals surface area contributed by atoms with Crippen molar-refractivity contribution in [3.63, 3.8) is 0 Å². The van der Waals surface area contributed by atoms with Crippen LogP contribution in [-0.4, -0.2) is 57.6 Å². The van der Waals surface area contributed by atoms with Crippen LogP contribution in [0.1, 0.15) is 45.5 Å². The molecule has 2 aromatic rings. The number of carbonyl (C=O) groups is 4. The highest BCUT2D eigenvalue weighted by Crippen LogP contribution is 2.09. The Kier molecular flexibility index (Phi) is 7.82. The quantitative estimate of drug-likeness (QED) is 0.406. The minimum absolute atomic E-state index is 0.0480. The SMILES string of the molecule is Cc1cc(C(=O)N[C@H](C(=O)NC(CCc2cccc(C=O)c2)C(=O)O)[C@@H](C)O)no1. The van der Waals surface area contributed by atoms with E-state index in [2.05, 4.69) is 15.8 Å². The summed E-state index contributed by atoms with van der Waals surface area (Å²) < 4.78 is 4.80. The summed E-state index contributed by atoms with van der Waals surface area (Å²) in [7, 11) is 0. The molecule has 1 aromatic heterocycles. The number of benzene rings is 1. The monoisotopic (exact) mass is 417 g/mol. The molecular formula is C20H23N3O7. The van der Waals surface area contributed by atoms with Gasteiger partial charge in [-0.15, -0.1) is 0 Å². The summed E-state index contributed by atoms with van der Waals surface area (Å²) >= 11 is 0. The van der Waals surface area contributed by atoms with E-state index in [4.69, 9.17) is 4.52 Å². The average molecular weight is 417 g/mol. The molecule has 0 saturated carbocycles. The number of carbonyl (C=O) groups excluding carboxylic acids is 3. The number of hydrogen-bond donors (Lipinski definition) is 4. The van der Waals surface area contributed by atoms with Crippen molar-refractivity contribution in [3.8, 4) is 0 Å². The van der Waals surface area contributed by atoms with Crippen LogP contribution in [0.5, 0.6) is 0 Å². The van der Waals surface area contributed by atoms with Gasteiger partial charge in [0, 0.05) is 11.6 Å². The molecule has 0 saturated heterocycles. The maximum atomic E-state index is 12.5. The van der Waals surface area contributed by atoms with Crippen LogP contribution in [0.3, 0.4) is 0 Å². The first-order valence-electron chi connectivity index (χ1n) is 9.20. The first-order chi connectivity index (χ1) is 14.2. The highest BCUT2D eigenvalue weighted by Gasteiger charge is 2.30. The molecule has 10 nitrogen and oxygen atoms in total. The molecule has 4 N–H and O–H groups in total. The Morgan fingerprint density at radius 1 is 1.23 bits per heavy atom. The number of aliphatic hydroxyl groups excluding tert-OH is 1. The zero-order valence-electron chi connectivity index (χ0n) is 16.5. The normalized spacial score (nSPS) is 13.7. The largest absolute Gasteiger partial charge is 0.480 e. The third kappa shape index (κ3) is 6.24. The molecule has 160 valence electrons. The fourth-order valence-electron chi connectivity index (χ4n) is 2.75. The first-order valence-corrected chi connectivity index (χ1v) is 9.20. The van der Waals surface area contributed by atoms with Crippen molar-refractivity contribution in [2.75, 3.05) is 0 Å². The second-order valence-corrected chi connectivity index (χ2v) is 6.82. The standard InChI is InChI=1S/C20H23N3O7/c1-11-8-16(23-30-11)18(26)22-17(12(2)25)19(27)21-15(20(28)29)7-6-13-4-3-5-14(9-13)10-24/h3-5,8-10,12,15,17,25H,6-7H2,1-2H3,(H,21,27)(H,22,26)(H,28,29)/t12-,15?,17+/m1/s1. The van der Waals surface area contributed by atoms with Gasteiger partial charge in [0.2, 0.25) is 5.91 Å². The molecule has 2 amide bonds. The summed E-state index contributed by atoms with van der Waals surface area (Å²) in [6.07, 6.45) is -0.262. The number of carboxylic acid groups (broad SMARTS) is 1. The fraction of sp³-hybridized carbons (Fsp3) is 0.350. The van der Waals surface area contributed by atoms with Crippen molar-refractivity contribution in [2.45, 2.75) is 44.9 Å². The van der Waals surface area contributed by atoms with Crippen molar-refractivity contribution < 1.29 is 33.9 Å². The molecule has 0 bridgehead atoms. The fourth-order valence-corrected chi connectivity index (χ4v) is 2.75. The Bertz CT molecular complexity index is 923. The number of amides is 2. The summed E-state index contributed by atoms with van der Waals surface area (Å²) in [4.78, 5) is 47.2. The lowest BCUT2D eigenvalue weighted by atomic mass is 10.0. The molecule has 0 aliphatic rings. The molecule has 30 heavy (non-hydrogen) atoms. The number of aliphatic hydroxyl groups is 1. The summed E-state index contributed by atoms with van der Waals surface area (Å²) in [6, 6.07) is 5.38. The number of aldehydes is 1. The molecule has 3 atom stereocenters. The summed E-state index contributed by atoms with van der Waals surface area (Å²) in [5.74, 6) is -2.47. The van der Waals surface area contributed by atoms with E-state index in [1.54, 1.807) is 31.2 Å². The Morgan fingerprint density at radius 2 is 1.97 bits per heavy atom. The number of aliphatic carboxylic acids is 1. The van der Waals surface area contributed by atoms with Crippen LogP contribution in [0.15, 0.2) is 34.9 Å². The molecule has 10 heteroatoms. The Hall–Kier alpha value is -3.53. The summed E-state index contributed by atoms with van der Waals surface area (Å²) in [5.41, 5.74) is 1.13. The molecule has 0 aliphatic heterocycles. The molecule has 0 spiro atoms. The van der Waals surface area contributed by atoms with E-state index >= 15 is 0 Å². The molecule has 0 fully saturated rings. The third-order valence-corrected chi connectivity index (χ3v) is 4.34. The lowest BCUT2D eigenvalue weighted by Gasteiger charge is -2.23. The number of aryl methyl sites for hydroxylation is 2. The lowest BCUT2D eigenvalue weighted by Crippen LogP contribution is -2.55. The van der Waals surface area contributed by atoms with E-state index in [1.165, 1.54) is 13.0 Å². The van der Waals surface area contributed by atoms with Gasteiger partial charge < -0.3 is 25.4 Å². The predicted molar refractivity (Wildman–Crippen MR) is 104 cm³/mol. The van der Waals surface area contributed by atoms with Gasteiger partial charge in [-0.05, 0) is 38.3 Å². The van der Waals surface area contributed by atoms with Gasteiger partial charge in [0.05, 0.1) is 6.10 Å². The number of aromatic nitrogens is 1. The predicted octanol–water partition coefficient (Wildman–Crippen LogP) is 0.477. The van der Waals surface area contributed by atoms with Crippen molar-refractivity contribution in [3.05, 3.63) is 52.9 Å².